The zero-order chi connectivity index (χ0) is 18.2. The van der Waals surface area contributed by atoms with Gasteiger partial charge in [-0.25, -0.2) is 0 Å². The van der Waals surface area contributed by atoms with Crippen LogP contribution in [-0.2, 0) is 14.7 Å². The molecule has 12 heteroatoms. The predicted molar refractivity (Wildman–Crippen MR) is 94.4 cm³/mol. The normalized spacial score (nSPS) is 15.3. The number of thiophene rings is 1. The number of nitrogens with zero attached hydrogens (tertiary/aromatic N) is 2. The van der Waals surface area contributed by atoms with Crippen molar-refractivity contribution in [2.24, 2.45) is 5.16 Å². The molecule has 0 fully saturated rings. The molecule has 0 atom stereocenters. The summed E-state index contributed by atoms with van der Waals surface area (Å²) in [6.45, 7) is 0.200. The van der Waals surface area contributed by atoms with Crippen molar-refractivity contribution in [2.75, 3.05) is 11.4 Å². The van der Waals surface area contributed by atoms with E-state index in [1.54, 1.807) is 30.3 Å². The first kappa shape index (κ1) is 22.3. The number of carbonyl (C=O) groups excluding carboxylic acids is 1. The molecule has 3 rings (SSSR count). The molecule has 0 N–H and O–H groups in total. The first-order valence-corrected chi connectivity index (χ1v) is 9.74. The molecule has 0 spiro atoms. The van der Waals surface area contributed by atoms with E-state index < -0.39 is 10.4 Å². The SMILES string of the molecule is O=C(c1ccccc1Cl)N1CC/C(=N\OS(=O)(=O)[O-])c2sc(Cl)cc21.[K+]. The third-order valence-corrected chi connectivity index (χ3v) is 5.28. The van der Waals surface area contributed by atoms with Crippen molar-refractivity contribution >= 4 is 62.2 Å². The molecule has 0 saturated heterocycles. The van der Waals surface area contributed by atoms with E-state index in [0.29, 0.717) is 25.5 Å². The summed E-state index contributed by atoms with van der Waals surface area (Å²) in [4.78, 5) is 14.7. The van der Waals surface area contributed by atoms with E-state index >= 15 is 0 Å². The number of hydrogen-bond donors (Lipinski definition) is 0. The van der Waals surface area contributed by atoms with Gasteiger partial charge in [0.2, 0.25) is 0 Å². The van der Waals surface area contributed by atoms with E-state index in [2.05, 4.69) is 9.44 Å². The second-order valence-corrected chi connectivity index (χ2v) is 8.03. The number of benzene rings is 1. The minimum Gasteiger partial charge on any atom is -0.714 e. The third kappa shape index (κ3) is 5.07. The van der Waals surface area contributed by atoms with Crippen LogP contribution < -0.4 is 56.3 Å². The van der Waals surface area contributed by atoms with Crippen LogP contribution in [0.4, 0.5) is 5.69 Å². The molecule has 26 heavy (non-hydrogen) atoms. The number of amides is 1. The number of halogens is 2. The Morgan fingerprint density at radius 1 is 1.31 bits per heavy atom. The summed E-state index contributed by atoms with van der Waals surface area (Å²) < 4.78 is 36.2. The molecule has 1 aliphatic rings. The van der Waals surface area contributed by atoms with Crippen LogP contribution in [0.2, 0.25) is 9.36 Å². The van der Waals surface area contributed by atoms with Crippen LogP contribution in [0.5, 0.6) is 0 Å². The summed E-state index contributed by atoms with van der Waals surface area (Å²) in [5.41, 5.74) is 1.02. The Kier molecular flexibility index (Phi) is 7.70. The van der Waals surface area contributed by atoms with E-state index in [0.717, 1.165) is 11.3 Å². The maximum Gasteiger partial charge on any atom is 1.00 e. The molecule has 1 aromatic carbocycles. The van der Waals surface area contributed by atoms with Crippen molar-refractivity contribution < 1.29 is 73.4 Å². The van der Waals surface area contributed by atoms with Gasteiger partial charge in [0.05, 0.1) is 25.5 Å². The molecule has 1 amide bonds. The molecule has 1 aliphatic heterocycles. The van der Waals surface area contributed by atoms with Gasteiger partial charge in [-0.05, 0) is 18.2 Å². The van der Waals surface area contributed by atoms with Gasteiger partial charge < -0.3 is 9.45 Å². The van der Waals surface area contributed by atoms with Crippen LogP contribution in [0.1, 0.15) is 21.7 Å². The molecule has 0 aliphatic carbocycles. The van der Waals surface area contributed by atoms with Crippen LogP contribution in [0.25, 0.3) is 0 Å². The standard InChI is InChI=1S/C14H10Cl2N2O5S2.K/c15-9-4-2-1-3-8(9)14(19)18-6-5-10(17-23-25(20,21)22)13-11(18)7-12(16)24-13;/h1-4,7H,5-6H2,(H,20,21,22);/q;+1/p-1/b17-10+;. The van der Waals surface area contributed by atoms with E-state index in [9.17, 15) is 17.8 Å². The maximum atomic E-state index is 12.8. The Morgan fingerprint density at radius 2 is 2.00 bits per heavy atom. The zero-order valence-electron chi connectivity index (χ0n) is 13.3. The minimum atomic E-state index is -4.96. The topological polar surface area (TPSA) is 99.1 Å². The monoisotopic (exact) mass is 458 g/mol. The average molecular weight is 459 g/mol. The zero-order valence-corrected chi connectivity index (χ0v) is 19.6. The first-order valence-electron chi connectivity index (χ1n) is 6.83. The Morgan fingerprint density at radius 3 is 2.65 bits per heavy atom. The Balaban J connectivity index is 0.00000243. The van der Waals surface area contributed by atoms with Crippen LogP contribution in [0.3, 0.4) is 0 Å². The van der Waals surface area contributed by atoms with Crippen molar-refractivity contribution in [2.45, 2.75) is 6.42 Å². The Labute approximate surface area is 206 Å². The van der Waals surface area contributed by atoms with Gasteiger partial charge in [-0.15, -0.1) is 11.3 Å². The number of fused-ring (bicyclic) bond motifs is 1. The number of carbonyl (C=O) groups is 1. The molecule has 132 valence electrons. The fourth-order valence-electron chi connectivity index (χ4n) is 2.38. The minimum absolute atomic E-state index is 0. The molecule has 0 radical (unpaired) electrons. The molecule has 2 heterocycles. The molecule has 0 saturated carbocycles. The number of oxime groups is 1. The van der Waals surface area contributed by atoms with Gasteiger partial charge in [-0.1, -0.05) is 40.5 Å². The molecule has 0 bridgehead atoms. The van der Waals surface area contributed by atoms with Crippen molar-refractivity contribution in [1.82, 2.24) is 0 Å². The van der Waals surface area contributed by atoms with Gasteiger partial charge >= 0.3 is 51.4 Å². The first-order chi connectivity index (χ1) is 11.8. The molecule has 0 unspecified atom stereocenters. The summed E-state index contributed by atoms with van der Waals surface area (Å²) in [6, 6.07) is 8.20. The van der Waals surface area contributed by atoms with Crippen molar-refractivity contribution in [1.29, 1.82) is 0 Å². The summed E-state index contributed by atoms with van der Waals surface area (Å²) in [5.74, 6) is -0.322. The second-order valence-electron chi connectivity index (χ2n) is 4.97. The van der Waals surface area contributed by atoms with Crippen molar-refractivity contribution in [3.8, 4) is 0 Å². The molecule has 2 aromatic rings. The Bertz CT molecular complexity index is 977. The van der Waals surface area contributed by atoms with Crippen molar-refractivity contribution in [3.63, 3.8) is 0 Å². The molecule has 7 nitrogen and oxygen atoms in total. The van der Waals surface area contributed by atoms with E-state index in [-0.39, 0.29) is 76.0 Å². The van der Waals surface area contributed by atoms with E-state index in [1.165, 1.54) is 4.90 Å². The fraction of sp³-hybridized carbons (Fsp3) is 0.143. The van der Waals surface area contributed by atoms with Gasteiger partial charge in [0.25, 0.3) is 16.3 Å². The van der Waals surface area contributed by atoms with E-state index in [4.69, 9.17) is 23.2 Å². The second kappa shape index (κ2) is 8.99. The maximum absolute atomic E-state index is 12.8. The van der Waals surface area contributed by atoms with Gasteiger partial charge in [0, 0.05) is 13.0 Å². The number of anilines is 1. The summed E-state index contributed by atoms with van der Waals surface area (Å²) in [7, 11) is -4.96. The molecule has 1 aromatic heterocycles. The van der Waals surface area contributed by atoms with Crippen LogP contribution in [0.15, 0.2) is 35.5 Å². The van der Waals surface area contributed by atoms with Gasteiger partial charge in [-0.2, -0.15) is 8.42 Å². The smallest absolute Gasteiger partial charge is 0.714 e. The van der Waals surface area contributed by atoms with Crippen LogP contribution in [-0.4, -0.2) is 31.1 Å². The van der Waals surface area contributed by atoms with Crippen molar-refractivity contribution in [3.05, 3.63) is 50.1 Å². The van der Waals surface area contributed by atoms with Gasteiger partial charge in [0.15, 0.2) is 0 Å². The van der Waals surface area contributed by atoms with E-state index in [1.807, 2.05) is 0 Å². The largest absolute Gasteiger partial charge is 1.00 e. The summed E-state index contributed by atoms with van der Waals surface area (Å²) in [6.07, 6.45) is 0.190. The number of rotatable bonds is 3. The predicted octanol–water partition coefficient (Wildman–Crippen LogP) is 0.290. The van der Waals surface area contributed by atoms with Crippen LogP contribution in [0, 0.1) is 0 Å². The average Bonchev–Trinajstić information content (AvgIpc) is 2.93. The molecular weight excluding hydrogens is 450 g/mol. The molecular formula is C14H9Cl2KN2O5S2. The van der Waals surface area contributed by atoms with Gasteiger partial charge in [0.1, 0.15) is 5.71 Å². The van der Waals surface area contributed by atoms with Crippen LogP contribution >= 0.6 is 34.5 Å². The van der Waals surface area contributed by atoms with Gasteiger partial charge in [-0.3, -0.25) is 9.08 Å². The Hall–Kier alpha value is -0.0136. The summed E-state index contributed by atoms with van der Waals surface area (Å²) >= 11 is 13.2. The summed E-state index contributed by atoms with van der Waals surface area (Å²) in [5, 5.41) is 3.71. The quantitative estimate of drug-likeness (QED) is 0.284. The fourth-order valence-corrected chi connectivity index (χ4v) is 4.01. The number of hydrogen-bond acceptors (Lipinski definition) is 7. The third-order valence-electron chi connectivity index (χ3n) is 3.40.